The molecule has 24 heavy (non-hydrogen) atoms. The Labute approximate surface area is 139 Å². The van der Waals surface area contributed by atoms with Gasteiger partial charge in [0.1, 0.15) is 11.6 Å². The molecular weight excluding hydrogens is 308 g/mol. The Morgan fingerprint density at radius 2 is 1.96 bits per heavy atom. The molecule has 2 rings (SSSR count). The Morgan fingerprint density at radius 3 is 2.62 bits per heavy atom. The van der Waals surface area contributed by atoms with Crippen LogP contribution in [-0.4, -0.2) is 29.6 Å². The van der Waals surface area contributed by atoms with Crippen LogP contribution in [0.15, 0.2) is 53.8 Å². The quantitative estimate of drug-likeness (QED) is 0.482. The lowest BCUT2D eigenvalue weighted by molar-refractivity contribution is -0.136. The summed E-state index contributed by atoms with van der Waals surface area (Å²) >= 11 is 0. The Balaban J connectivity index is 1.82. The van der Waals surface area contributed by atoms with Gasteiger partial charge in [0.25, 0.3) is 0 Å². The summed E-state index contributed by atoms with van der Waals surface area (Å²) in [6.07, 6.45) is 3.89. The largest absolute Gasteiger partial charge is 0.494 e. The summed E-state index contributed by atoms with van der Waals surface area (Å²) in [4.78, 5) is 27.2. The second-order valence-electron chi connectivity index (χ2n) is 4.79. The van der Waals surface area contributed by atoms with Gasteiger partial charge in [0.05, 0.1) is 12.8 Å². The first-order chi connectivity index (χ1) is 11.7. The van der Waals surface area contributed by atoms with Crippen LogP contribution < -0.4 is 15.5 Å². The fourth-order valence-corrected chi connectivity index (χ4v) is 1.70. The number of hydrogen-bond donors (Lipinski definition) is 2. The molecule has 1 aromatic carbocycles. The third-order valence-electron chi connectivity index (χ3n) is 2.85. The fourth-order valence-electron chi connectivity index (χ4n) is 1.70. The van der Waals surface area contributed by atoms with E-state index in [-0.39, 0.29) is 0 Å². The van der Waals surface area contributed by atoms with Gasteiger partial charge in [-0.15, -0.1) is 0 Å². The first-order valence-electron chi connectivity index (χ1n) is 7.47. The third kappa shape index (κ3) is 5.53. The molecule has 0 aliphatic heterocycles. The molecule has 7 nitrogen and oxygen atoms in total. The number of hydrogen-bond acceptors (Lipinski definition) is 5. The van der Waals surface area contributed by atoms with Crippen molar-refractivity contribution in [3.8, 4) is 5.75 Å². The molecule has 1 heterocycles. The minimum atomic E-state index is -0.875. The van der Waals surface area contributed by atoms with Crippen LogP contribution in [0.5, 0.6) is 5.75 Å². The number of benzene rings is 1. The van der Waals surface area contributed by atoms with Crippen LogP contribution in [0.3, 0.4) is 0 Å². The number of anilines is 1. The normalized spacial score (nSPS) is 10.4. The van der Waals surface area contributed by atoms with E-state index in [1.807, 2.05) is 19.1 Å². The zero-order valence-electron chi connectivity index (χ0n) is 13.2. The maximum Gasteiger partial charge on any atom is 0.329 e. The molecular formula is C17H18N4O3. The summed E-state index contributed by atoms with van der Waals surface area (Å²) in [5, 5.41) is 6.11. The van der Waals surface area contributed by atoms with Crippen molar-refractivity contribution in [1.82, 2.24) is 10.4 Å². The molecule has 2 amide bonds. The highest BCUT2D eigenvalue weighted by Crippen LogP contribution is 2.11. The minimum Gasteiger partial charge on any atom is -0.494 e. The van der Waals surface area contributed by atoms with E-state index in [0.29, 0.717) is 12.4 Å². The number of ether oxygens (including phenoxy) is 1. The Kier molecular flexibility index (Phi) is 6.46. The molecule has 124 valence electrons. The van der Waals surface area contributed by atoms with Crippen molar-refractivity contribution in [2.45, 2.75) is 13.3 Å². The number of rotatable bonds is 6. The summed E-state index contributed by atoms with van der Waals surface area (Å²) in [6, 6.07) is 12.2. The SMILES string of the molecule is CCCOc1ccc(C=NNC(=O)C(=O)Nc2ccccn2)cc1. The maximum absolute atomic E-state index is 11.6. The van der Waals surface area contributed by atoms with E-state index in [1.54, 1.807) is 30.3 Å². The predicted molar refractivity (Wildman–Crippen MR) is 90.8 cm³/mol. The second kappa shape index (κ2) is 9.04. The topological polar surface area (TPSA) is 92.7 Å². The van der Waals surface area contributed by atoms with Gasteiger partial charge in [-0.3, -0.25) is 9.59 Å². The monoisotopic (exact) mass is 326 g/mol. The molecule has 2 aromatic rings. The van der Waals surface area contributed by atoms with Crippen LogP contribution >= 0.6 is 0 Å². The van der Waals surface area contributed by atoms with Gasteiger partial charge in [0, 0.05) is 6.20 Å². The molecule has 0 unspecified atom stereocenters. The average molecular weight is 326 g/mol. The van der Waals surface area contributed by atoms with Gasteiger partial charge in [0.2, 0.25) is 0 Å². The maximum atomic E-state index is 11.6. The zero-order valence-corrected chi connectivity index (χ0v) is 13.2. The van der Waals surface area contributed by atoms with Crippen molar-refractivity contribution in [3.63, 3.8) is 0 Å². The van der Waals surface area contributed by atoms with Gasteiger partial charge in [-0.05, 0) is 48.4 Å². The lowest BCUT2D eigenvalue weighted by Crippen LogP contribution is -2.32. The van der Waals surface area contributed by atoms with Crippen LogP contribution in [0.25, 0.3) is 0 Å². The summed E-state index contributed by atoms with van der Waals surface area (Å²) in [5.74, 6) is -0.647. The van der Waals surface area contributed by atoms with Crippen molar-refractivity contribution in [2.75, 3.05) is 11.9 Å². The molecule has 1 aromatic heterocycles. The molecule has 0 atom stereocenters. The Hall–Kier alpha value is -3.22. The summed E-state index contributed by atoms with van der Waals surface area (Å²) in [7, 11) is 0. The summed E-state index contributed by atoms with van der Waals surface area (Å²) < 4.78 is 5.47. The number of carbonyl (C=O) groups excluding carboxylic acids is 2. The molecule has 7 heteroatoms. The van der Waals surface area contributed by atoms with Crippen LogP contribution in [0.2, 0.25) is 0 Å². The first kappa shape index (κ1) is 17.1. The van der Waals surface area contributed by atoms with Gasteiger partial charge in [-0.25, -0.2) is 10.4 Å². The van der Waals surface area contributed by atoms with E-state index in [4.69, 9.17) is 4.74 Å². The lowest BCUT2D eigenvalue weighted by Gasteiger charge is -2.04. The number of pyridine rings is 1. The second-order valence-corrected chi connectivity index (χ2v) is 4.79. The molecule has 0 radical (unpaired) electrons. The number of nitrogens with zero attached hydrogens (tertiary/aromatic N) is 2. The lowest BCUT2D eigenvalue weighted by atomic mass is 10.2. The van der Waals surface area contributed by atoms with Crippen molar-refractivity contribution in [3.05, 3.63) is 54.2 Å². The number of carbonyl (C=O) groups is 2. The zero-order chi connectivity index (χ0) is 17.2. The van der Waals surface area contributed by atoms with E-state index < -0.39 is 11.8 Å². The van der Waals surface area contributed by atoms with Gasteiger partial charge < -0.3 is 10.1 Å². The summed E-state index contributed by atoms with van der Waals surface area (Å²) in [6.45, 7) is 2.70. The first-order valence-corrected chi connectivity index (χ1v) is 7.47. The predicted octanol–water partition coefficient (Wildman–Crippen LogP) is 1.96. The number of amides is 2. The van der Waals surface area contributed by atoms with Crippen molar-refractivity contribution in [1.29, 1.82) is 0 Å². The Bertz CT molecular complexity index is 700. The highest BCUT2D eigenvalue weighted by molar-refractivity contribution is 6.39. The van der Waals surface area contributed by atoms with Gasteiger partial charge in [-0.2, -0.15) is 5.10 Å². The molecule has 0 bridgehead atoms. The highest BCUT2D eigenvalue weighted by atomic mass is 16.5. The van der Waals surface area contributed by atoms with Crippen LogP contribution in [-0.2, 0) is 9.59 Å². The van der Waals surface area contributed by atoms with E-state index in [1.165, 1.54) is 12.4 Å². The van der Waals surface area contributed by atoms with Crippen LogP contribution in [0, 0.1) is 0 Å². The number of hydrazone groups is 1. The molecule has 0 aliphatic carbocycles. The van der Waals surface area contributed by atoms with Gasteiger partial charge in [0.15, 0.2) is 0 Å². The van der Waals surface area contributed by atoms with Crippen molar-refractivity contribution in [2.24, 2.45) is 5.10 Å². The smallest absolute Gasteiger partial charge is 0.329 e. The van der Waals surface area contributed by atoms with E-state index in [2.05, 4.69) is 20.8 Å². The highest BCUT2D eigenvalue weighted by Gasteiger charge is 2.12. The van der Waals surface area contributed by atoms with Crippen molar-refractivity contribution >= 4 is 23.8 Å². The van der Waals surface area contributed by atoms with E-state index in [0.717, 1.165) is 17.7 Å². The summed E-state index contributed by atoms with van der Waals surface area (Å²) in [5.41, 5.74) is 2.93. The van der Waals surface area contributed by atoms with Crippen LogP contribution in [0.1, 0.15) is 18.9 Å². The molecule has 0 saturated heterocycles. The fraction of sp³-hybridized carbons (Fsp3) is 0.176. The molecule has 0 fully saturated rings. The average Bonchev–Trinajstić information content (AvgIpc) is 2.61. The number of aromatic nitrogens is 1. The standard InChI is InChI=1S/C17H18N4O3/c1-2-11-24-14-8-6-13(7-9-14)12-19-21-17(23)16(22)20-15-5-3-4-10-18-15/h3-10,12H,2,11H2,1H3,(H,21,23)(H,18,20,22). The van der Waals surface area contributed by atoms with Gasteiger partial charge in [-0.1, -0.05) is 13.0 Å². The molecule has 0 aliphatic rings. The van der Waals surface area contributed by atoms with E-state index >= 15 is 0 Å². The van der Waals surface area contributed by atoms with Gasteiger partial charge >= 0.3 is 11.8 Å². The van der Waals surface area contributed by atoms with Crippen molar-refractivity contribution < 1.29 is 14.3 Å². The van der Waals surface area contributed by atoms with Crippen LogP contribution in [0.4, 0.5) is 5.82 Å². The van der Waals surface area contributed by atoms with E-state index in [9.17, 15) is 9.59 Å². The minimum absolute atomic E-state index is 0.296. The molecule has 0 saturated carbocycles. The molecule has 0 spiro atoms. The number of nitrogens with one attached hydrogen (secondary N) is 2. The third-order valence-corrected chi connectivity index (χ3v) is 2.85. The Morgan fingerprint density at radius 1 is 1.17 bits per heavy atom. The molecule has 2 N–H and O–H groups in total.